The van der Waals surface area contributed by atoms with Crippen molar-refractivity contribution >= 4 is 11.6 Å². The second-order valence-corrected chi connectivity index (χ2v) is 6.98. The van der Waals surface area contributed by atoms with Crippen LogP contribution in [-0.4, -0.2) is 35.4 Å². The van der Waals surface area contributed by atoms with E-state index < -0.39 is 0 Å². The van der Waals surface area contributed by atoms with Crippen molar-refractivity contribution in [3.63, 3.8) is 0 Å². The molecule has 3 fully saturated rings. The van der Waals surface area contributed by atoms with E-state index in [1.54, 1.807) is 5.01 Å². The van der Waals surface area contributed by atoms with Crippen LogP contribution in [0, 0.1) is 5.92 Å². The molecule has 128 valence electrons. The van der Waals surface area contributed by atoms with Crippen molar-refractivity contribution in [1.82, 2.24) is 5.01 Å². The van der Waals surface area contributed by atoms with Crippen molar-refractivity contribution in [2.24, 2.45) is 11.0 Å². The van der Waals surface area contributed by atoms with Crippen molar-refractivity contribution < 1.29 is 14.3 Å². The molecule has 0 atom stereocenters. The van der Waals surface area contributed by atoms with Gasteiger partial charge in [0.15, 0.2) is 11.5 Å². The van der Waals surface area contributed by atoms with Crippen molar-refractivity contribution in [1.29, 1.82) is 0 Å². The molecule has 0 saturated heterocycles. The molecule has 0 unspecified atom stereocenters. The number of carbonyl (C=O) groups excluding carboxylic acids is 1. The maximum absolute atomic E-state index is 12.3. The van der Waals surface area contributed by atoms with E-state index in [0.29, 0.717) is 26.1 Å². The predicted octanol–water partition coefficient (Wildman–Crippen LogP) is 3.36. The zero-order valence-electron chi connectivity index (χ0n) is 14.4. The molecule has 0 spiro atoms. The molecule has 1 aromatic carbocycles. The molecule has 5 heteroatoms. The molecule has 1 amide bonds. The molecule has 1 aromatic rings. The molecule has 1 heterocycles. The van der Waals surface area contributed by atoms with Crippen LogP contribution in [-0.2, 0) is 4.79 Å². The van der Waals surface area contributed by atoms with Crippen LogP contribution in [0.2, 0.25) is 0 Å². The van der Waals surface area contributed by atoms with Gasteiger partial charge in [0.05, 0.1) is 24.5 Å². The van der Waals surface area contributed by atoms with Gasteiger partial charge in [-0.3, -0.25) is 4.79 Å². The van der Waals surface area contributed by atoms with E-state index in [1.807, 2.05) is 32.0 Å². The van der Waals surface area contributed by atoms with Crippen LogP contribution in [0.4, 0.5) is 0 Å². The summed E-state index contributed by atoms with van der Waals surface area (Å²) in [7, 11) is 0. The number of benzene rings is 1. The molecule has 0 radical (unpaired) electrons. The molecule has 5 rings (SSSR count). The summed E-state index contributed by atoms with van der Waals surface area (Å²) < 4.78 is 11.3. The van der Waals surface area contributed by atoms with Crippen LogP contribution in [0.25, 0.3) is 0 Å². The molecule has 5 nitrogen and oxygen atoms in total. The number of rotatable bonds is 6. The summed E-state index contributed by atoms with van der Waals surface area (Å²) in [6, 6.07) is 5.94. The predicted molar refractivity (Wildman–Crippen MR) is 91.5 cm³/mol. The van der Waals surface area contributed by atoms with Gasteiger partial charge in [-0.2, -0.15) is 5.10 Å². The van der Waals surface area contributed by atoms with Gasteiger partial charge in [-0.1, -0.05) is 0 Å². The lowest BCUT2D eigenvalue weighted by atomic mass is 9.49. The minimum Gasteiger partial charge on any atom is -0.490 e. The topological polar surface area (TPSA) is 51.1 Å². The number of nitrogens with zero attached hydrogens (tertiary/aromatic N) is 2. The first-order valence-electron chi connectivity index (χ1n) is 8.96. The fourth-order valence-corrected chi connectivity index (χ4v) is 4.05. The van der Waals surface area contributed by atoms with Crippen LogP contribution in [0.1, 0.15) is 51.5 Å². The molecule has 0 N–H and O–H groups in total. The molecule has 0 aromatic heterocycles. The number of hydrogen-bond acceptors (Lipinski definition) is 4. The maximum atomic E-state index is 12.3. The molecule has 3 saturated carbocycles. The highest BCUT2D eigenvalue weighted by Crippen LogP contribution is 2.61. The normalized spacial score (nSPS) is 27.9. The SMILES string of the molecule is CCOc1ccc(C2=NN(C34CC(C3)C4)C(=O)CC2)cc1OCC. The summed E-state index contributed by atoms with van der Waals surface area (Å²) >= 11 is 0. The van der Waals surface area contributed by atoms with Gasteiger partial charge in [-0.15, -0.1) is 0 Å². The summed E-state index contributed by atoms with van der Waals surface area (Å²) in [6.45, 7) is 5.11. The Labute approximate surface area is 142 Å². The molecular formula is C19H24N2O3. The van der Waals surface area contributed by atoms with Crippen LogP contribution in [0.15, 0.2) is 23.3 Å². The zero-order valence-corrected chi connectivity index (χ0v) is 14.4. The monoisotopic (exact) mass is 328 g/mol. The highest BCUT2D eigenvalue weighted by Gasteiger charge is 2.62. The Bertz CT molecular complexity index is 681. The Hall–Kier alpha value is -2.04. The van der Waals surface area contributed by atoms with Gasteiger partial charge in [0, 0.05) is 18.4 Å². The lowest BCUT2D eigenvalue weighted by Crippen LogP contribution is -2.68. The first kappa shape index (κ1) is 15.5. The van der Waals surface area contributed by atoms with Crippen molar-refractivity contribution in [3.8, 4) is 11.5 Å². The number of hydrazone groups is 1. The van der Waals surface area contributed by atoms with Crippen molar-refractivity contribution in [3.05, 3.63) is 23.8 Å². The standard InChI is InChI=1S/C19H24N2O3/c1-3-23-16-7-5-14(9-17(16)24-4-2)15-6-8-18(22)21(20-15)19-10-13(11-19)12-19/h5,7,9,13H,3-4,6,8,10-12H2,1-2H3. The first-order chi connectivity index (χ1) is 11.6. The second kappa shape index (κ2) is 5.80. The largest absolute Gasteiger partial charge is 0.490 e. The Morgan fingerprint density at radius 3 is 2.46 bits per heavy atom. The second-order valence-electron chi connectivity index (χ2n) is 6.98. The molecule has 24 heavy (non-hydrogen) atoms. The maximum Gasteiger partial charge on any atom is 0.243 e. The van der Waals surface area contributed by atoms with Crippen LogP contribution >= 0.6 is 0 Å². The fraction of sp³-hybridized carbons (Fsp3) is 0.579. The molecule has 2 bridgehead atoms. The van der Waals surface area contributed by atoms with Gasteiger partial charge in [0.2, 0.25) is 5.91 Å². The molecule has 3 aliphatic carbocycles. The summed E-state index contributed by atoms with van der Waals surface area (Å²) in [5.41, 5.74) is 2.04. The van der Waals surface area contributed by atoms with E-state index in [9.17, 15) is 4.79 Å². The summed E-state index contributed by atoms with van der Waals surface area (Å²) in [5.74, 6) is 2.50. The van der Waals surface area contributed by atoms with Gasteiger partial charge < -0.3 is 9.47 Å². The third kappa shape index (κ3) is 2.38. The minimum atomic E-state index is 0.0431. The van der Waals surface area contributed by atoms with E-state index in [1.165, 1.54) is 0 Å². The van der Waals surface area contributed by atoms with Crippen LogP contribution < -0.4 is 9.47 Å². The Balaban J connectivity index is 1.63. The number of amides is 1. The lowest BCUT2D eigenvalue weighted by Gasteiger charge is -2.64. The Morgan fingerprint density at radius 1 is 1.12 bits per heavy atom. The smallest absolute Gasteiger partial charge is 0.243 e. The van der Waals surface area contributed by atoms with E-state index in [-0.39, 0.29) is 11.4 Å². The summed E-state index contributed by atoms with van der Waals surface area (Å²) in [4.78, 5) is 12.3. The van der Waals surface area contributed by atoms with E-state index in [0.717, 1.165) is 48.0 Å². The summed E-state index contributed by atoms with van der Waals surface area (Å²) in [6.07, 6.45) is 4.62. The fourth-order valence-electron chi connectivity index (χ4n) is 4.05. The van der Waals surface area contributed by atoms with Gasteiger partial charge >= 0.3 is 0 Å². The van der Waals surface area contributed by atoms with Crippen molar-refractivity contribution in [2.45, 2.75) is 51.5 Å². The van der Waals surface area contributed by atoms with Gasteiger partial charge in [-0.25, -0.2) is 5.01 Å². The van der Waals surface area contributed by atoms with Crippen molar-refractivity contribution in [2.75, 3.05) is 13.2 Å². The number of carbonyl (C=O) groups is 1. The minimum absolute atomic E-state index is 0.0431. The quantitative estimate of drug-likeness (QED) is 0.804. The third-order valence-electron chi connectivity index (χ3n) is 5.36. The first-order valence-corrected chi connectivity index (χ1v) is 8.96. The highest BCUT2D eigenvalue weighted by molar-refractivity contribution is 6.04. The van der Waals surface area contributed by atoms with Gasteiger partial charge in [-0.05, 0) is 57.2 Å². The van der Waals surface area contributed by atoms with Crippen LogP contribution in [0.3, 0.4) is 0 Å². The average Bonchev–Trinajstić information content (AvgIpc) is 2.49. The van der Waals surface area contributed by atoms with E-state index in [2.05, 4.69) is 0 Å². The zero-order chi connectivity index (χ0) is 16.7. The average molecular weight is 328 g/mol. The number of ether oxygens (including phenoxy) is 2. The van der Waals surface area contributed by atoms with Gasteiger partial charge in [0.1, 0.15) is 0 Å². The lowest BCUT2D eigenvalue weighted by molar-refractivity contribution is -0.173. The molecular weight excluding hydrogens is 304 g/mol. The van der Waals surface area contributed by atoms with Crippen LogP contribution in [0.5, 0.6) is 11.5 Å². The van der Waals surface area contributed by atoms with E-state index >= 15 is 0 Å². The third-order valence-corrected chi connectivity index (χ3v) is 5.36. The summed E-state index contributed by atoms with van der Waals surface area (Å²) in [5, 5.41) is 6.54. The number of hydrogen-bond donors (Lipinski definition) is 0. The Kier molecular flexibility index (Phi) is 3.74. The molecule has 1 aliphatic heterocycles. The molecule has 4 aliphatic rings. The highest BCUT2D eigenvalue weighted by atomic mass is 16.5. The van der Waals surface area contributed by atoms with Gasteiger partial charge in [0.25, 0.3) is 0 Å². The Morgan fingerprint density at radius 2 is 1.83 bits per heavy atom. The van der Waals surface area contributed by atoms with E-state index in [4.69, 9.17) is 14.6 Å².